The number of carbonyl (C=O) groups excluding carboxylic acids is 3. The van der Waals surface area contributed by atoms with E-state index >= 15 is 0 Å². The third-order valence-corrected chi connectivity index (χ3v) is 7.49. The van der Waals surface area contributed by atoms with Crippen LogP contribution in [0.4, 0.5) is 0 Å². The molecule has 1 aliphatic heterocycles. The van der Waals surface area contributed by atoms with E-state index in [9.17, 15) is 14.4 Å². The number of hydrogen-bond acceptors (Lipinski definition) is 6. The van der Waals surface area contributed by atoms with Crippen molar-refractivity contribution in [2.45, 2.75) is 70.8 Å². The Kier molecular flexibility index (Phi) is 7.46. The van der Waals surface area contributed by atoms with Gasteiger partial charge >= 0.3 is 11.9 Å². The van der Waals surface area contributed by atoms with Gasteiger partial charge in [-0.1, -0.05) is 43.5 Å². The van der Waals surface area contributed by atoms with Gasteiger partial charge in [-0.25, -0.2) is 4.79 Å². The van der Waals surface area contributed by atoms with E-state index in [2.05, 4.69) is 5.32 Å². The van der Waals surface area contributed by atoms with Crippen LogP contribution in [0.15, 0.2) is 46.8 Å². The van der Waals surface area contributed by atoms with Crippen molar-refractivity contribution >= 4 is 29.3 Å². The molecule has 1 fully saturated rings. The normalized spacial score (nSPS) is 25.9. The highest BCUT2D eigenvalue weighted by Gasteiger charge is 2.47. The number of rotatable bonds is 4. The number of Topliss-reactive ketones (excluding diaryl/α,β-unsaturated/α-hetero) is 1. The maximum atomic E-state index is 13.7. The molecule has 0 aromatic heterocycles. The van der Waals surface area contributed by atoms with E-state index in [1.807, 2.05) is 26.0 Å². The van der Waals surface area contributed by atoms with Gasteiger partial charge < -0.3 is 14.8 Å². The lowest BCUT2D eigenvalue weighted by molar-refractivity contribution is -0.151. The van der Waals surface area contributed by atoms with Gasteiger partial charge in [-0.15, -0.1) is 0 Å². The van der Waals surface area contributed by atoms with E-state index in [0.29, 0.717) is 28.3 Å². The lowest BCUT2D eigenvalue weighted by Gasteiger charge is -2.38. The van der Waals surface area contributed by atoms with Gasteiger partial charge in [0.05, 0.1) is 12.7 Å². The molecule has 6 nitrogen and oxygen atoms in total. The van der Waals surface area contributed by atoms with Crippen LogP contribution in [0, 0.1) is 11.8 Å². The van der Waals surface area contributed by atoms with E-state index in [0.717, 1.165) is 49.8 Å². The molecule has 1 N–H and O–H groups in total. The lowest BCUT2D eigenvalue weighted by atomic mass is 9.69. The Morgan fingerprint density at radius 3 is 2.32 bits per heavy atom. The predicted octanol–water partition coefficient (Wildman–Crippen LogP) is 5.22. The van der Waals surface area contributed by atoms with Gasteiger partial charge in [0.25, 0.3) is 0 Å². The van der Waals surface area contributed by atoms with Crippen molar-refractivity contribution in [2.24, 2.45) is 11.8 Å². The summed E-state index contributed by atoms with van der Waals surface area (Å²) in [6.45, 7) is 3.72. The summed E-state index contributed by atoms with van der Waals surface area (Å²) in [4.78, 5) is 39.8. The van der Waals surface area contributed by atoms with Gasteiger partial charge in [-0.2, -0.15) is 0 Å². The van der Waals surface area contributed by atoms with E-state index in [1.165, 1.54) is 7.11 Å². The number of nitrogens with one attached hydrogen (secondary N) is 1. The standard InChI is InChI=1S/C27H32ClNO5/c1-15-14-20-24(25(30)21(15)26(31)33-3)23(17-10-12-18(28)13-11-17)22(16(2)29-20)27(32)34-19-8-6-4-5-7-9-19/h10-13,15,19,21,23,29H,4-9,14H2,1-3H3/t15-,21-,23+/m1/s1. The zero-order chi connectivity index (χ0) is 24.4. The van der Waals surface area contributed by atoms with Gasteiger partial charge in [-0.05, 0) is 62.6 Å². The van der Waals surface area contributed by atoms with Crippen LogP contribution in [0.5, 0.6) is 0 Å². The Morgan fingerprint density at radius 1 is 1.06 bits per heavy atom. The summed E-state index contributed by atoms with van der Waals surface area (Å²) in [7, 11) is 1.29. The molecule has 0 bridgehead atoms. The molecule has 1 heterocycles. The van der Waals surface area contributed by atoms with Crippen molar-refractivity contribution < 1.29 is 23.9 Å². The van der Waals surface area contributed by atoms with Gasteiger partial charge in [0, 0.05) is 27.9 Å². The Bertz CT molecular complexity index is 1030. The van der Waals surface area contributed by atoms with E-state index in [-0.39, 0.29) is 17.8 Å². The van der Waals surface area contributed by atoms with E-state index < -0.39 is 23.8 Å². The Hall–Kier alpha value is -2.60. The fourth-order valence-corrected chi connectivity index (χ4v) is 5.64. The van der Waals surface area contributed by atoms with E-state index in [4.69, 9.17) is 21.1 Å². The summed E-state index contributed by atoms with van der Waals surface area (Å²) in [6.07, 6.45) is 6.49. The molecule has 0 amide bonds. The Labute approximate surface area is 205 Å². The molecular weight excluding hydrogens is 454 g/mol. The smallest absolute Gasteiger partial charge is 0.337 e. The lowest BCUT2D eigenvalue weighted by Crippen LogP contribution is -2.43. The molecule has 0 spiro atoms. The third-order valence-electron chi connectivity index (χ3n) is 7.24. The molecule has 3 aliphatic rings. The van der Waals surface area contributed by atoms with Gasteiger partial charge in [0.1, 0.15) is 12.0 Å². The van der Waals surface area contributed by atoms with Crippen LogP contribution < -0.4 is 5.32 Å². The van der Waals surface area contributed by atoms with Crippen molar-refractivity contribution in [3.8, 4) is 0 Å². The molecule has 1 aromatic carbocycles. The van der Waals surface area contributed by atoms with Gasteiger partial charge in [0.2, 0.25) is 0 Å². The molecule has 182 valence electrons. The van der Waals surface area contributed by atoms with Crippen LogP contribution in [0.2, 0.25) is 5.02 Å². The zero-order valence-electron chi connectivity index (χ0n) is 20.0. The Balaban J connectivity index is 1.76. The maximum Gasteiger partial charge on any atom is 0.337 e. The quantitative estimate of drug-likeness (QED) is 0.358. The number of ether oxygens (including phenoxy) is 2. The van der Waals surface area contributed by atoms with Crippen LogP contribution in [0.25, 0.3) is 0 Å². The molecule has 1 aromatic rings. The van der Waals surface area contributed by atoms with E-state index in [1.54, 1.807) is 12.1 Å². The summed E-state index contributed by atoms with van der Waals surface area (Å²) in [5, 5.41) is 3.87. The summed E-state index contributed by atoms with van der Waals surface area (Å²) >= 11 is 6.14. The molecular formula is C27H32ClNO5. The van der Waals surface area contributed by atoms with Gasteiger partial charge in [-0.3, -0.25) is 9.59 Å². The van der Waals surface area contributed by atoms with Crippen LogP contribution in [-0.2, 0) is 23.9 Å². The highest BCUT2D eigenvalue weighted by molar-refractivity contribution is 6.30. The summed E-state index contributed by atoms with van der Waals surface area (Å²) < 4.78 is 11.0. The highest BCUT2D eigenvalue weighted by atomic mass is 35.5. The first-order valence-corrected chi connectivity index (χ1v) is 12.5. The van der Waals surface area contributed by atoms with Crippen LogP contribution >= 0.6 is 11.6 Å². The van der Waals surface area contributed by atoms with Crippen molar-refractivity contribution in [1.29, 1.82) is 0 Å². The monoisotopic (exact) mass is 485 g/mol. The largest absolute Gasteiger partial charge is 0.468 e. The second-order valence-electron chi connectivity index (χ2n) is 9.61. The fourth-order valence-electron chi connectivity index (χ4n) is 5.51. The van der Waals surface area contributed by atoms with Crippen molar-refractivity contribution in [3.05, 3.63) is 57.4 Å². The minimum absolute atomic E-state index is 0.124. The minimum atomic E-state index is -0.905. The second kappa shape index (κ2) is 10.3. The Morgan fingerprint density at radius 2 is 1.71 bits per heavy atom. The summed E-state index contributed by atoms with van der Waals surface area (Å²) in [6, 6.07) is 7.15. The molecule has 34 heavy (non-hydrogen) atoms. The molecule has 1 saturated carbocycles. The van der Waals surface area contributed by atoms with Crippen molar-refractivity contribution in [3.63, 3.8) is 0 Å². The number of esters is 2. The summed E-state index contributed by atoms with van der Waals surface area (Å²) in [5.41, 5.74) is 3.04. The third kappa shape index (κ3) is 4.78. The maximum absolute atomic E-state index is 13.7. The van der Waals surface area contributed by atoms with Crippen molar-refractivity contribution in [1.82, 2.24) is 5.32 Å². The molecule has 4 rings (SSSR count). The SMILES string of the molecule is COC(=O)[C@H]1C(=O)C2=C(C[C@H]1C)NC(C)=C(C(=O)OC1CCCCCC1)[C@@H]2c1ccc(Cl)cc1. The number of methoxy groups -OCH3 is 1. The highest BCUT2D eigenvalue weighted by Crippen LogP contribution is 2.45. The molecule has 2 aliphatic carbocycles. The molecule has 7 heteroatoms. The van der Waals surface area contributed by atoms with Crippen LogP contribution in [-0.4, -0.2) is 30.9 Å². The first-order valence-electron chi connectivity index (χ1n) is 12.1. The van der Waals surface area contributed by atoms with Gasteiger partial charge in [0.15, 0.2) is 5.78 Å². The first kappa shape index (κ1) is 24.5. The molecule has 0 radical (unpaired) electrons. The number of carbonyl (C=O) groups is 3. The zero-order valence-corrected chi connectivity index (χ0v) is 20.7. The summed E-state index contributed by atoms with van der Waals surface area (Å²) in [5.74, 6) is -3.03. The molecule has 0 saturated heterocycles. The predicted molar refractivity (Wildman–Crippen MR) is 129 cm³/mol. The average Bonchev–Trinajstić information content (AvgIpc) is 3.07. The second-order valence-corrected chi connectivity index (χ2v) is 10.0. The number of halogens is 1. The molecule has 0 unspecified atom stereocenters. The average molecular weight is 486 g/mol. The minimum Gasteiger partial charge on any atom is -0.468 e. The topological polar surface area (TPSA) is 81.7 Å². The number of benzene rings is 1. The van der Waals surface area contributed by atoms with Crippen LogP contribution in [0.1, 0.15) is 70.3 Å². The molecule has 3 atom stereocenters. The first-order chi connectivity index (χ1) is 16.3. The fraction of sp³-hybridized carbons (Fsp3) is 0.519. The number of ketones is 1. The number of dihydropyridines is 1. The number of hydrogen-bond donors (Lipinski definition) is 1. The van der Waals surface area contributed by atoms with Crippen LogP contribution in [0.3, 0.4) is 0 Å². The number of allylic oxidation sites excluding steroid dienone is 3. The van der Waals surface area contributed by atoms with Crippen molar-refractivity contribution in [2.75, 3.05) is 7.11 Å².